The SMILES string of the molecule is O=C1CCCCN1c1c(F)cccc1Br. The molecule has 1 aliphatic rings. The second-order valence-corrected chi connectivity index (χ2v) is 4.43. The summed E-state index contributed by atoms with van der Waals surface area (Å²) in [5.74, 6) is -0.341. The van der Waals surface area contributed by atoms with Crippen LogP contribution in [0.2, 0.25) is 0 Å². The number of halogens is 2. The van der Waals surface area contributed by atoms with Gasteiger partial charge in [0.25, 0.3) is 0 Å². The van der Waals surface area contributed by atoms with Crippen LogP contribution < -0.4 is 4.90 Å². The molecule has 4 heteroatoms. The first-order valence-electron chi connectivity index (χ1n) is 4.94. The fourth-order valence-corrected chi connectivity index (χ4v) is 2.35. The minimum Gasteiger partial charge on any atom is -0.309 e. The maximum absolute atomic E-state index is 13.6. The van der Waals surface area contributed by atoms with Gasteiger partial charge in [0.05, 0.1) is 5.69 Å². The van der Waals surface area contributed by atoms with Gasteiger partial charge in [0, 0.05) is 17.4 Å². The quantitative estimate of drug-likeness (QED) is 0.769. The van der Waals surface area contributed by atoms with Crippen molar-refractivity contribution in [1.29, 1.82) is 0 Å². The maximum atomic E-state index is 13.6. The summed E-state index contributed by atoms with van der Waals surface area (Å²) < 4.78 is 14.2. The number of carbonyl (C=O) groups is 1. The number of para-hydroxylation sites is 1. The zero-order chi connectivity index (χ0) is 10.8. The maximum Gasteiger partial charge on any atom is 0.227 e. The van der Waals surface area contributed by atoms with Gasteiger partial charge < -0.3 is 4.90 Å². The van der Waals surface area contributed by atoms with Crippen LogP contribution in [0, 0.1) is 5.82 Å². The number of nitrogens with zero attached hydrogens (tertiary/aromatic N) is 1. The summed E-state index contributed by atoms with van der Waals surface area (Å²) in [4.78, 5) is 13.2. The van der Waals surface area contributed by atoms with Crippen molar-refractivity contribution in [2.24, 2.45) is 0 Å². The van der Waals surface area contributed by atoms with Crippen LogP contribution in [0.5, 0.6) is 0 Å². The average Bonchev–Trinajstić information content (AvgIpc) is 2.20. The van der Waals surface area contributed by atoms with E-state index in [0.29, 0.717) is 23.1 Å². The Morgan fingerprint density at radius 2 is 2.13 bits per heavy atom. The Hall–Kier alpha value is -0.900. The first-order valence-corrected chi connectivity index (χ1v) is 5.74. The Bertz CT molecular complexity index is 374. The van der Waals surface area contributed by atoms with Crippen molar-refractivity contribution < 1.29 is 9.18 Å². The highest BCUT2D eigenvalue weighted by molar-refractivity contribution is 9.10. The lowest BCUT2D eigenvalue weighted by Crippen LogP contribution is -2.36. The summed E-state index contributed by atoms with van der Waals surface area (Å²) in [6, 6.07) is 4.75. The summed E-state index contributed by atoms with van der Waals surface area (Å²) in [6.45, 7) is 0.609. The molecule has 80 valence electrons. The summed E-state index contributed by atoms with van der Waals surface area (Å²) in [7, 11) is 0. The Kier molecular flexibility index (Phi) is 3.05. The summed E-state index contributed by atoms with van der Waals surface area (Å²) in [6.07, 6.45) is 2.36. The summed E-state index contributed by atoms with van der Waals surface area (Å²) >= 11 is 3.28. The van der Waals surface area contributed by atoms with Crippen LogP contribution in [-0.2, 0) is 4.79 Å². The fraction of sp³-hybridized carbons (Fsp3) is 0.364. The molecule has 1 fully saturated rings. The van der Waals surface area contributed by atoms with Crippen LogP contribution in [0.1, 0.15) is 19.3 Å². The molecule has 1 aromatic carbocycles. The molecule has 1 saturated heterocycles. The molecule has 0 spiro atoms. The normalized spacial score (nSPS) is 16.9. The number of carbonyl (C=O) groups excluding carboxylic acids is 1. The van der Waals surface area contributed by atoms with Gasteiger partial charge in [-0.3, -0.25) is 4.79 Å². The highest BCUT2D eigenvalue weighted by atomic mass is 79.9. The molecule has 15 heavy (non-hydrogen) atoms. The van der Waals surface area contributed by atoms with Crippen LogP contribution in [0.3, 0.4) is 0 Å². The van der Waals surface area contributed by atoms with Crippen molar-refractivity contribution >= 4 is 27.5 Å². The van der Waals surface area contributed by atoms with E-state index in [4.69, 9.17) is 0 Å². The van der Waals surface area contributed by atoms with E-state index in [0.717, 1.165) is 12.8 Å². The molecule has 1 aliphatic heterocycles. The highest BCUT2D eigenvalue weighted by Gasteiger charge is 2.23. The number of anilines is 1. The Balaban J connectivity index is 2.39. The van der Waals surface area contributed by atoms with Gasteiger partial charge in [0.15, 0.2) is 0 Å². The van der Waals surface area contributed by atoms with Crippen LogP contribution >= 0.6 is 15.9 Å². The smallest absolute Gasteiger partial charge is 0.227 e. The summed E-state index contributed by atoms with van der Waals surface area (Å²) in [5, 5.41) is 0. The molecule has 0 bridgehead atoms. The van der Waals surface area contributed by atoms with Gasteiger partial charge in [-0.1, -0.05) is 6.07 Å². The van der Waals surface area contributed by atoms with E-state index in [1.165, 1.54) is 11.0 Å². The van der Waals surface area contributed by atoms with Crippen molar-refractivity contribution in [2.45, 2.75) is 19.3 Å². The van der Waals surface area contributed by atoms with E-state index < -0.39 is 0 Å². The highest BCUT2D eigenvalue weighted by Crippen LogP contribution is 2.31. The second-order valence-electron chi connectivity index (χ2n) is 3.57. The molecule has 0 unspecified atom stereocenters. The van der Waals surface area contributed by atoms with Gasteiger partial charge in [0.2, 0.25) is 5.91 Å². The van der Waals surface area contributed by atoms with E-state index in [-0.39, 0.29) is 11.7 Å². The molecule has 0 radical (unpaired) electrons. The van der Waals surface area contributed by atoms with Gasteiger partial charge in [-0.25, -0.2) is 4.39 Å². The molecule has 1 aromatic rings. The topological polar surface area (TPSA) is 20.3 Å². The van der Waals surface area contributed by atoms with Crippen LogP contribution in [0.4, 0.5) is 10.1 Å². The zero-order valence-electron chi connectivity index (χ0n) is 8.17. The van der Waals surface area contributed by atoms with E-state index in [1.807, 2.05) is 0 Å². The average molecular weight is 272 g/mol. The first-order chi connectivity index (χ1) is 7.20. The van der Waals surface area contributed by atoms with E-state index in [2.05, 4.69) is 15.9 Å². The minimum absolute atomic E-state index is 0.00653. The van der Waals surface area contributed by atoms with E-state index in [9.17, 15) is 9.18 Å². The van der Waals surface area contributed by atoms with Crippen molar-refractivity contribution in [3.8, 4) is 0 Å². The number of hydrogen-bond donors (Lipinski definition) is 0. The molecule has 0 N–H and O–H groups in total. The van der Waals surface area contributed by atoms with Crippen molar-refractivity contribution in [1.82, 2.24) is 0 Å². The van der Waals surface area contributed by atoms with Crippen LogP contribution in [0.15, 0.2) is 22.7 Å². The molecule has 0 saturated carbocycles. The predicted molar refractivity (Wildman–Crippen MR) is 60.3 cm³/mol. The number of rotatable bonds is 1. The zero-order valence-corrected chi connectivity index (χ0v) is 9.76. The first kappa shape index (κ1) is 10.6. The molecule has 2 rings (SSSR count). The largest absolute Gasteiger partial charge is 0.309 e. The number of amides is 1. The molecule has 0 atom stereocenters. The van der Waals surface area contributed by atoms with Gasteiger partial charge >= 0.3 is 0 Å². The van der Waals surface area contributed by atoms with E-state index in [1.54, 1.807) is 12.1 Å². The number of piperidine rings is 1. The number of benzene rings is 1. The summed E-state index contributed by atoms with van der Waals surface area (Å²) in [5.41, 5.74) is 0.377. The van der Waals surface area contributed by atoms with Gasteiger partial charge in [-0.05, 0) is 40.9 Å². The number of hydrogen-bond acceptors (Lipinski definition) is 1. The Labute approximate surface area is 96.2 Å². The van der Waals surface area contributed by atoms with Gasteiger partial charge in [-0.2, -0.15) is 0 Å². The van der Waals surface area contributed by atoms with E-state index >= 15 is 0 Å². The van der Waals surface area contributed by atoms with Gasteiger partial charge in [0.1, 0.15) is 5.82 Å². The molecule has 0 aliphatic carbocycles. The molecular weight excluding hydrogens is 261 g/mol. The lowest BCUT2D eigenvalue weighted by molar-refractivity contribution is -0.119. The Morgan fingerprint density at radius 1 is 1.33 bits per heavy atom. The Morgan fingerprint density at radius 3 is 2.80 bits per heavy atom. The monoisotopic (exact) mass is 271 g/mol. The minimum atomic E-state index is -0.348. The molecule has 2 nitrogen and oxygen atoms in total. The lowest BCUT2D eigenvalue weighted by atomic mass is 10.1. The van der Waals surface area contributed by atoms with Crippen LogP contribution in [0.25, 0.3) is 0 Å². The van der Waals surface area contributed by atoms with Crippen LogP contribution in [-0.4, -0.2) is 12.5 Å². The van der Waals surface area contributed by atoms with Crippen molar-refractivity contribution in [3.63, 3.8) is 0 Å². The molecule has 0 aromatic heterocycles. The molecular formula is C11H11BrFNO. The predicted octanol–water partition coefficient (Wildman–Crippen LogP) is 3.11. The molecule has 1 heterocycles. The third-order valence-electron chi connectivity index (χ3n) is 2.53. The van der Waals surface area contributed by atoms with Crippen molar-refractivity contribution in [2.75, 3.05) is 11.4 Å². The second kappa shape index (κ2) is 4.31. The lowest BCUT2D eigenvalue weighted by Gasteiger charge is -2.27. The third kappa shape index (κ3) is 2.04. The third-order valence-corrected chi connectivity index (χ3v) is 3.17. The molecule has 1 amide bonds. The van der Waals surface area contributed by atoms with Crippen molar-refractivity contribution in [3.05, 3.63) is 28.5 Å². The fourth-order valence-electron chi connectivity index (χ4n) is 1.79. The van der Waals surface area contributed by atoms with Gasteiger partial charge in [-0.15, -0.1) is 0 Å². The standard InChI is InChI=1S/C11H11BrFNO/c12-8-4-3-5-9(13)11(8)14-7-2-1-6-10(14)15/h3-5H,1-2,6-7H2.